The molecule has 0 saturated carbocycles. The molecule has 1 aliphatic carbocycles. The lowest BCUT2D eigenvalue weighted by Gasteiger charge is -2.46. The van der Waals surface area contributed by atoms with Gasteiger partial charge < -0.3 is 10.2 Å². The third-order valence-corrected chi connectivity index (χ3v) is 12.1. The summed E-state index contributed by atoms with van der Waals surface area (Å²) in [4.78, 5) is 0. The molecule has 0 bridgehead atoms. The minimum atomic E-state index is -1.86. The maximum Gasteiger partial charge on any atom is 0.258 e. The first kappa shape index (κ1) is 20.8. The van der Waals surface area contributed by atoms with Gasteiger partial charge in [0.15, 0.2) is 0 Å². The summed E-state index contributed by atoms with van der Waals surface area (Å²) >= 11 is 0. The van der Waals surface area contributed by atoms with Gasteiger partial charge >= 0.3 is 0 Å². The molecule has 23 heavy (non-hydrogen) atoms. The van der Waals surface area contributed by atoms with E-state index in [1.165, 1.54) is 12.2 Å². The summed E-state index contributed by atoms with van der Waals surface area (Å²) in [6.07, 6.45) is 4.69. The molecule has 1 aliphatic rings. The molecule has 0 heterocycles. The Morgan fingerprint density at radius 3 is 1.91 bits per heavy atom. The normalized spacial score (nSPS) is 23.6. The van der Waals surface area contributed by atoms with Crippen LogP contribution in [0.4, 0.5) is 0 Å². The van der Waals surface area contributed by atoms with Crippen molar-refractivity contribution in [3.63, 3.8) is 0 Å². The van der Waals surface area contributed by atoms with Crippen molar-refractivity contribution in [3.05, 3.63) is 11.8 Å². The molecule has 0 aromatic rings. The third-order valence-electron chi connectivity index (χ3n) is 6.09. The number of hydrogen-bond donors (Lipinski definition) is 1. The van der Waals surface area contributed by atoms with Gasteiger partial charge in [-0.25, -0.2) is 0 Å². The fraction of sp³-hybridized carbons (Fsp3) is 0.900. The molecule has 2 atom stereocenters. The molecule has 0 saturated heterocycles. The van der Waals surface area contributed by atoms with E-state index in [2.05, 4.69) is 68.4 Å². The molecule has 0 aromatic carbocycles. The van der Waals surface area contributed by atoms with Crippen molar-refractivity contribution in [1.29, 1.82) is 0 Å². The summed E-state index contributed by atoms with van der Waals surface area (Å²) in [5.74, 6) is 2.32. The molecule has 2 N–H and O–H groups in total. The van der Waals surface area contributed by atoms with E-state index in [4.69, 9.17) is 10.2 Å². The highest BCUT2D eigenvalue weighted by Gasteiger charge is 2.48. The first-order valence-corrected chi connectivity index (χ1v) is 11.7. The second-order valence-electron chi connectivity index (χ2n) is 9.49. The van der Waals surface area contributed by atoms with Crippen LogP contribution in [0.1, 0.15) is 75.2 Å². The summed E-state index contributed by atoms with van der Waals surface area (Å²) in [5, 5.41) is 0. The van der Waals surface area contributed by atoms with E-state index in [0.29, 0.717) is 40.4 Å². The third kappa shape index (κ3) is 4.42. The lowest BCUT2D eigenvalue weighted by atomic mass is 9.71. The fourth-order valence-corrected chi connectivity index (χ4v) is 9.95. The smallest absolute Gasteiger partial charge is 0.258 e. The van der Waals surface area contributed by atoms with E-state index in [9.17, 15) is 0 Å². The van der Waals surface area contributed by atoms with Gasteiger partial charge in [-0.05, 0) is 46.9 Å². The zero-order valence-electron chi connectivity index (χ0n) is 17.1. The second-order valence-corrected chi connectivity index (χ2v) is 14.9. The molecular weight excluding hydrogens is 298 g/mol. The molecule has 2 nitrogen and oxygen atoms in total. The van der Waals surface area contributed by atoms with Gasteiger partial charge in [-0.3, -0.25) is 0 Å². The number of allylic oxidation sites excluding steroid dienone is 1. The van der Waals surface area contributed by atoms with Gasteiger partial charge in [-0.2, -0.15) is 0 Å². The van der Waals surface area contributed by atoms with Crippen molar-refractivity contribution in [1.82, 2.24) is 0 Å². The number of nitrogens with two attached hydrogens (primary N) is 1. The predicted molar refractivity (Wildman–Crippen MR) is 105 cm³/mol. The predicted octanol–water partition coefficient (Wildman–Crippen LogP) is 6.09. The molecular formula is C20H41NOSi. The van der Waals surface area contributed by atoms with Crippen LogP contribution in [-0.2, 0) is 4.43 Å². The lowest BCUT2D eigenvalue weighted by Crippen LogP contribution is -2.49. The monoisotopic (exact) mass is 339 g/mol. The molecule has 3 heteroatoms. The van der Waals surface area contributed by atoms with Crippen LogP contribution in [0.5, 0.6) is 0 Å². The zero-order valence-corrected chi connectivity index (χ0v) is 18.1. The van der Waals surface area contributed by atoms with Crippen LogP contribution in [0.3, 0.4) is 0 Å². The summed E-state index contributed by atoms with van der Waals surface area (Å²) in [6, 6.07) is 0. The van der Waals surface area contributed by atoms with Crippen LogP contribution in [-0.4, -0.2) is 14.9 Å². The first-order valence-electron chi connectivity index (χ1n) is 9.55. The minimum absolute atomic E-state index is 0.345. The van der Waals surface area contributed by atoms with Crippen molar-refractivity contribution in [2.45, 2.75) is 91.8 Å². The highest BCUT2D eigenvalue weighted by atomic mass is 28.4. The van der Waals surface area contributed by atoms with Crippen LogP contribution in [0.2, 0.25) is 16.6 Å². The molecule has 0 aromatic heterocycles. The van der Waals surface area contributed by atoms with Gasteiger partial charge in [-0.1, -0.05) is 62.3 Å². The lowest BCUT2D eigenvalue weighted by molar-refractivity contribution is 0.169. The molecule has 0 amide bonds. The highest BCUT2D eigenvalue weighted by molar-refractivity contribution is 6.77. The van der Waals surface area contributed by atoms with Gasteiger partial charge in [0.05, 0.1) is 5.76 Å². The Labute approximate surface area is 146 Å². The fourth-order valence-electron chi connectivity index (χ4n) is 4.58. The molecule has 2 unspecified atom stereocenters. The molecule has 0 fully saturated rings. The Morgan fingerprint density at radius 2 is 1.57 bits per heavy atom. The molecule has 0 radical (unpaired) electrons. The van der Waals surface area contributed by atoms with Crippen molar-refractivity contribution < 1.29 is 4.43 Å². The van der Waals surface area contributed by atoms with Crippen LogP contribution in [0.15, 0.2) is 11.8 Å². The van der Waals surface area contributed by atoms with Crippen LogP contribution in [0, 0.1) is 17.3 Å². The largest absolute Gasteiger partial charge is 0.546 e. The summed E-state index contributed by atoms with van der Waals surface area (Å²) in [6.45, 7) is 21.9. The van der Waals surface area contributed by atoms with Gasteiger partial charge in [0.1, 0.15) is 0 Å². The Bertz CT molecular complexity index is 385. The van der Waals surface area contributed by atoms with E-state index in [1.54, 1.807) is 0 Å². The van der Waals surface area contributed by atoms with Crippen molar-refractivity contribution in [2.75, 3.05) is 6.54 Å². The van der Waals surface area contributed by atoms with Crippen molar-refractivity contribution >= 4 is 8.32 Å². The van der Waals surface area contributed by atoms with E-state index in [1.807, 2.05) is 0 Å². The molecule has 136 valence electrons. The Hall–Kier alpha value is -0.283. The average Bonchev–Trinajstić information content (AvgIpc) is 2.42. The molecule has 0 spiro atoms. The van der Waals surface area contributed by atoms with Gasteiger partial charge in [0.25, 0.3) is 8.32 Å². The Kier molecular flexibility index (Phi) is 6.98. The summed E-state index contributed by atoms with van der Waals surface area (Å²) < 4.78 is 6.95. The topological polar surface area (TPSA) is 35.2 Å². The maximum absolute atomic E-state index is 6.95. The van der Waals surface area contributed by atoms with Gasteiger partial charge in [0, 0.05) is 12.5 Å². The van der Waals surface area contributed by atoms with Crippen LogP contribution in [0.25, 0.3) is 0 Å². The van der Waals surface area contributed by atoms with Crippen LogP contribution >= 0.6 is 0 Å². The SMILES string of the molecule is CC(C)[Si](OC1=CCC(C(C)(C)C)CC1CN)(C(C)C)C(C)C. The van der Waals surface area contributed by atoms with Gasteiger partial charge in [0.2, 0.25) is 0 Å². The van der Waals surface area contributed by atoms with Crippen molar-refractivity contribution in [2.24, 2.45) is 23.0 Å². The number of hydrogen-bond acceptors (Lipinski definition) is 2. The van der Waals surface area contributed by atoms with Gasteiger partial charge in [-0.15, -0.1) is 0 Å². The zero-order chi connectivity index (χ0) is 18.0. The Morgan fingerprint density at radius 1 is 1.09 bits per heavy atom. The summed E-state index contributed by atoms with van der Waals surface area (Å²) in [7, 11) is -1.86. The number of rotatable bonds is 6. The van der Waals surface area contributed by atoms with Crippen molar-refractivity contribution in [3.8, 4) is 0 Å². The quantitative estimate of drug-likeness (QED) is 0.594. The molecule has 0 aliphatic heterocycles. The standard InChI is InChI=1S/C20H41NOSi/c1-14(2)23(15(3)4,16(5)6)22-19-11-10-18(20(7,8)9)12-17(19)13-21/h11,14-18H,10,12-13,21H2,1-9H3. The maximum atomic E-state index is 6.95. The average molecular weight is 340 g/mol. The summed E-state index contributed by atoms with van der Waals surface area (Å²) in [5.41, 5.74) is 8.33. The Balaban J connectivity index is 3.11. The van der Waals surface area contributed by atoms with Crippen LogP contribution < -0.4 is 5.73 Å². The highest BCUT2D eigenvalue weighted by Crippen LogP contribution is 2.47. The minimum Gasteiger partial charge on any atom is -0.546 e. The first-order chi connectivity index (χ1) is 10.5. The van der Waals surface area contributed by atoms with E-state index in [-0.39, 0.29) is 0 Å². The van der Waals surface area contributed by atoms with E-state index < -0.39 is 8.32 Å². The second kappa shape index (κ2) is 7.73. The van der Waals surface area contributed by atoms with E-state index >= 15 is 0 Å². The van der Waals surface area contributed by atoms with E-state index in [0.717, 1.165) is 6.42 Å². The molecule has 1 rings (SSSR count).